The molecule has 0 radical (unpaired) electrons. The topological polar surface area (TPSA) is 81.3 Å². The van der Waals surface area contributed by atoms with Gasteiger partial charge in [-0.2, -0.15) is 10.1 Å². The number of rotatable bonds is 2. The highest BCUT2D eigenvalue weighted by Crippen LogP contribution is 2.43. The van der Waals surface area contributed by atoms with Crippen LogP contribution in [-0.2, 0) is 0 Å². The van der Waals surface area contributed by atoms with Gasteiger partial charge in [-0.25, -0.2) is 0 Å². The number of carbonyl (C=O) groups excluding carboxylic acids is 2. The average molecular weight is 442 g/mol. The Morgan fingerprint density at radius 2 is 1.29 bits per heavy atom. The number of hydrogen-bond acceptors (Lipinski definition) is 3. The molecule has 0 spiro atoms. The van der Waals surface area contributed by atoms with Gasteiger partial charge in [0.1, 0.15) is 0 Å². The van der Waals surface area contributed by atoms with E-state index < -0.39 is 11.8 Å². The third-order valence-electron chi connectivity index (χ3n) is 6.59. The van der Waals surface area contributed by atoms with Crippen molar-refractivity contribution in [2.45, 2.75) is 6.92 Å². The summed E-state index contributed by atoms with van der Waals surface area (Å²) in [6.45, 7) is 1.99. The summed E-state index contributed by atoms with van der Waals surface area (Å²) in [5, 5.41) is 8.64. The van der Waals surface area contributed by atoms with Crippen LogP contribution in [0.25, 0.3) is 43.6 Å². The van der Waals surface area contributed by atoms with E-state index in [2.05, 4.69) is 15.1 Å². The minimum absolute atomic E-state index is 0.399. The number of benzene rings is 4. The molecule has 2 N–H and O–H groups in total. The van der Waals surface area contributed by atoms with Crippen LogP contribution in [0.4, 0.5) is 0 Å². The Morgan fingerprint density at radius 3 is 1.85 bits per heavy atom. The first-order chi connectivity index (χ1) is 16.6. The zero-order valence-corrected chi connectivity index (χ0v) is 18.2. The molecule has 0 bridgehead atoms. The highest BCUT2D eigenvalue weighted by molar-refractivity contribution is 6.39. The smallest absolute Gasteiger partial charge is 0.283 e. The van der Waals surface area contributed by atoms with Crippen LogP contribution >= 0.6 is 0 Å². The predicted molar refractivity (Wildman–Crippen MR) is 134 cm³/mol. The minimum atomic E-state index is -0.411. The lowest BCUT2D eigenvalue weighted by Gasteiger charge is -2.05. The first-order valence-corrected chi connectivity index (χ1v) is 11.1. The fraction of sp³-hybridized carbons (Fsp3) is 0.0357. The van der Waals surface area contributed by atoms with Crippen molar-refractivity contribution in [2.75, 3.05) is 0 Å². The summed E-state index contributed by atoms with van der Waals surface area (Å²) in [7, 11) is 0. The van der Waals surface area contributed by atoms with Gasteiger partial charge in [-0.1, -0.05) is 66.2 Å². The molecular weight excluding hydrogens is 424 g/mol. The molecule has 0 fully saturated rings. The van der Waals surface area contributed by atoms with Crippen LogP contribution in [0.1, 0.15) is 31.8 Å². The van der Waals surface area contributed by atoms with E-state index >= 15 is 0 Å². The SMILES string of the molecule is Cc1cccc(/C=N/N2C(=O)c3c(c4c5ccccc5[nH]c4c4[nH]c5ccccc5c34)C2=O)c1. The maximum atomic E-state index is 13.7. The van der Waals surface area contributed by atoms with Crippen molar-refractivity contribution < 1.29 is 9.59 Å². The molecule has 1 aliphatic heterocycles. The summed E-state index contributed by atoms with van der Waals surface area (Å²) < 4.78 is 0. The molecule has 6 nitrogen and oxygen atoms in total. The van der Waals surface area contributed by atoms with Gasteiger partial charge in [0, 0.05) is 32.6 Å². The van der Waals surface area contributed by atoms with E-state index in [9.17, 15) is 9.59 Å². The fourth-order valence-corrected chi connectivity index (χ4v) is 5.14. The fourth-order valence-electron chi connectivity index (χ4n) is 5.14. The number of imide groups is 1. The quantitative estimate of drug-likeness (QED) is 0.259. The van der Waals surface area contributed by atoms with Gasteiger partial charge in [-0.05, 0) is 24.6 Å². The number of hydrogen-bond donors (Lipinski definition) is 2. The van der Waals surface area contributed by atoms with Crippen LogP contribution in [0.15, 0.2) is 77.9 Å². The molecule has 0 saturated heterocycles. The van der Waals surface area contributed by atoms with Crippen molar-refractivity contribution in [1.29, 1.82) is 0 Å². The van der Waals surface area contributed by atoms with E-state index in [0.29, 0.717) is 11.1 Å². The van der Waals surface area contributed by atoms with Crippen molar-refractivity contribution in [3.63, 3.8) is 0 Å². The second-order valence-corrected chi connectivity index (χ2v) is 8.67. The minimum Gasteiger partial charge on any atom is -0.353 e. The van der Waals surface area contributed by atoms with Crippen LogP contribution in [-0.4, -0.2) is 33.0 Å². The van der Waals surface area contributed by atoms with Gasteiger partial charge < -0.3 is 9.97 Å². The first kappa shape index (κ1) is 18.8. The number of amides is 2. The van der Waals surface area contributed by atoms with Crippen molar-refractivity contribution in [1.82, 2.24) is 15.0 Å². The van der Waals surface area contributed by atoms with E-state index in [0.717, 1.165) is 59.7 Å². The molecule has 6 aromatic rings. The summed E-state index contributed by atoms with van der Waals surface area (Å²) in [6, 6.07) is 23.4. The second-order valence-electron chi connectivity index (χ2n) is 8.67. The molecule has 1 aliphatic rings. The van der Waals surface area contributed by atoms with E-state index in [4.69, 9.17) is 0 Å². The van der Waals surface area contributed by atoms with Gasteiger partial charge in [-0.3, -0.25) is 9.59 Å². The van der Waals surface area contributed by atoms with Crippen molar-refractivity contribution in [3.8, 4) is 0 Å². The molecule has 7 rings (SSSR count). The Balaban J connectivity index is 1.56. The van der Waals surface area contributed by atoms with Gasteiger partial charge in [-0.15, -0.1) is 0 Å². The third kappa shape index (κ3) is 2.42. The summed E-state index contributed by atoms with van der Waals surface area (Å²) in [4.78, 5) is 34.4. The Hall–Kier alpha value is -4.71. The van der Waals surface area contributed by atoms with Gasteiger partial charge >= 0.3 is 0 Å². The van der Waals surface area contributed by atoms with Crippen LogP contribution in [0.2, 0.25) is 0 Å². The van der Waals surface area contributed by atoms with E-state index in [1.807, 2.05) is 79.7 Å². The Bertz CT molecular complexity index is 1760. The summed E-state index contributed by atoms with van der Waals surface area (Å²) >= 11 is 0. The lowest BCUT2D eigenvalue weighted by Crippen LogP contribution is -2.24. The van der Waals surface area contributed by atoms with Crippen molar-refractivity contribution in [2.24, 2.45) is 5.10 Å². The number of carbonyl (C=O) groups is 2. The van der Waals surface area contributed by atoms with Crippen molar-refractivity contribution in [3.05, 3.63) is 95.1 Å². The van der Waals surface area contributed by atoms with Gasteiger partial charge in [0.2, 0.25) is 0 Å². The molecule has 0 atom stereocenters. The Labute approximate surface area is 193 Å². The maximum absolute atomic E-state index is 13.7. The molecule has 2 amide bonds. The van der Waals surface area contributed by atoms with Crippen LogP contribution in [0.5, 0.6) is 0 Å². The molecule has 34 heavy (non-hydrogen) atoms. The van der Waals surface area contributed by atoms with E-state index in [-0.39, 0.29) is 0 Å². The molecule has 2 aromatic heterocycles. The average Bonchev–Trinajstić information content (AvgIpc) is 3.48. The largest absolute Gasteiger partial charge is 0.353 e. The highest BCUT2D eigenvalue weighted by atomic mass is 16.2. The zero-order chi connectivity index (χ0) is 23.0. The Kier molecular flexibility index (Phi) is 3.68. The normalized spacial score (nSPS) is 14.0. The standard InChI is InChI=1S/C28H18N4O2/c1-15-7-6-8-16(13-15)14-29-32-27(33)23-21-17-9-2-4-11-19(17)30-25(21)26-22(24(23)28(32)34)18-10-3-5-12-20(18)31-26/h2-14,30-31H,1H3/b29-14+. The number of aromatic nitrogens is 2. The first-order valence-electron chi connectivity index (χ1n) is 11.1. The molecular formula is C28H18N4O2. The highest BCUT2D eigenvalue weighted by Gasteiger charge is 2.41. The second kappa shape index (κ2) is 6.65. The number of fused-ring (bicyclic) bond motifs is 10. The summed E-state index contributed by atoms with van der Waals surface area (Å²) in [5.74, 6) is -0.823. The number of aryl methyl sites for hydroxylation is 1. The maximum Gasteiger partial charge on any atom is 0.283 e. The Morgan fingerprint density at radius 1 is 0.735 bits per heavy atom. The monoisotopic (exact) mass is 442 g/mol. The van der Waals surface area contributed by atoms with E-state index in [1.165, 1.54) is 0 Å². The number of hydrazone groups is 1. The molecule has 0 aliphatic carbocycles. The van der Waals surface area contributed by atoms with Crippen LogP contribution in [0, 0.1) is 6.92 Å². The molecule has 0 saturated carbocycles. The number of para-hydroxylation sites is 2. The molecule has 0 unspecified atom stereocenters. The molecule has 6 heteroatoms. The van der Waals surface area contributed by atoms with Crippen LogP contribution < -0.4 is 0 Å². The summed E-state index contributed by atoms with van der Waals surface area (Å²) in [5.41, 5.74) is 6.15. The molecule has 162 valence electrons. The summed E-state index contributed by atoms with van der Waals surface area (Å²) in [6.07, 6.45) is 1.56. The van der Waals surface area contributed by atoms with Gasteiger partial charge in [0.05, 0.1) is 28.4 Å². The number of aromatic amines is 2. The molecule has 3 heterocycles. The van der Waals surface area contributed by atoms with Crippen LogP contribution in [0.3, 0.4) is 0 Å². The lowest BCUT2D eigenvalue weighted by atomic mass is 9.97. The zero-order valence-electron chi connectivity index (χ0n) is 18.2. The van der Waals surface area contributed by atoms with Crippen molar-refractivity contribution >= 4 is 61.6 Å². The number of nitrogens with one attached hydrogen (secondary N) is 2. The van der Waals surface area contributed by atoms with Gasteiger partial charge in [0.25, 0.3) is 11.8 Å². The number of nitrogens with zero attached hydrogens (tertiary/aromatic N) is 2. The number of H-pyrrole nitrogens is 2. The molecule has 4 aromatic carbocycles. The van der Waals surface area contributed by atoms with Gasteiger partial charge in [0.15, 0.2) is 0 Å². The third-order valence-corrected chi connectivity index (χ3v) is 6.59. The lowest BCUT2D eigenvalue weighted by molar-refractivity contribution is 0.0661. The predicted octanol–water partition coefficient (Wildman–Crippen LogP) is 5.89. The van der Waals surface area contributed by atoms with E-state index in [1.54, 1.807) is 6.21 Å².